The number of ether oxygens (including phenoxy) is 3. The van der Waals surface area contributed by atoms with Crippen molar-refractivity contribution >= 4 is 40.2 Å². The molecule has 1 amide bonds. The van der Waals surface area contributed by atoms with Crippen molar-refractivity contribution in [3.8, 4) is 11.5 Å². The maximum Gasteiger partial charge on any atom is 0.350 e. The molecule has 1 unspecified atom stereocenters. The van der Waals surface area contributed by atoms with Gasteiger partial charge in [-0.25, -0.2) is 9.78 Å². The molecule has 1 aliphatic rings. The number of esters is 1. The van der Waals surface area contributed by atoms with Crippen molar-refractivity contribution in [3.63, 3.8) is 0 Å². The van der Waals surface area contributed by atoms with E-state index in [9.17, 15) is 19.5 Å². The van der Waals surface area contributed by atoms with E-state index in [0.717, 1.165) is 16.9 Å². The number of carbonyl (C=O) groups is 3. The zero-order valence-electron chi connectivity index (χ0n) is 22.2. The fourth-order valence-electron chi connectivity index (χ4n) is 4.20. The van der Waals surface area contributed by atoms with Crippen LogP contribution in [0.25, 0.3) is 6.08 Å². The van der Waals surface area contributed by atoms with Gasteiger partial charge in [-0.1, -0.05) is 66.5 Å². The Morgan fingerprint density at radius 1 is 1.18 bits per heavy atom. The highest BCUT2D eigenvalue weighted by molar-refractivity contribution is 7.17. The quantitative estimate of drug-likeness (QED) is 0.189. The molecule has 4 rings (SSSR count). The van der Waals surface area contributed by atoms with E-state index in [1.165, 1.54) is 24.2 Å². The van der Waals surface area contributed by atoms with E-state index in [-0.39, 0.29) is 22.2 Å². The lowest BCUT2D eigenvalue weighted by Crippen LogP contribution is -2.30. The molecule has 3 aromatic rings. The number of benzene rings is 2. The second kappa shape index (κ2) is 12.4. The van der Waals surface area contributed by atoms with Crippen molar-refractivity contribution in [2.24, 2.45) is 0 Å². The Balaban J connectivity index is 1.82. The van der Waals surface area contributed by atoms with Crippen molar-refractivity contribution in [2.45, 2.75) is 19.9 Å². The molecule has 0 radical (unpaired) electrons. The minimum atomic E-state index is -1.06. The van der Waals surface area contributed by atoms with Gasteiger partial charge in [0.05, 0.1) is 31.0 Å². The molecule has 1 N–H and O–H groups in total. The molecule has 10 heteroatoms. The van der Waals surface area contributed by atoms with Gasteiger partial charge in [0, 0.05) is 0 Å². The van der Waals surface area contributed by atoms with Crippen LogP contribution in [0.4, 0.5) is 5.13 Å². The van der Waals surface area contributed by atoms with Gasteiger partial charge in [0.25, 0.3) is 5.91 Å². The number of hydrogen-bond donors (Lipinski definition) is 1. The average Bonchev–Trinajstić information content (AvgIpc) is 3.47. The van der Waals surface area contributed by atoms with Gasteiger partial charge in [0.2, 0.25) is 0 Å². The van der Waals surface area contributed by atoms with Gasteiger partial charge >= 0.3 is 5.97 Å². The number of methoxy groups -OCH3 is 1. The summed E-state index contributed by atoms with van der Waals surface area (Å²) in [6, 6.07) is 13.1. The molecule has 206 valence electrons. The fraction of sp³-hybridized carbons (Fsp3) is 0.200. The maximum atomic E-state index is 13.5. The molecule has 40 heavy (non-hydrogen) atoms. The molecule has 1 aromatic heterocycles. The molecule has 0 bridgehead atoms. The molecular formula is C30H28N2O7S. The Morgan fingerprint density at radius 2 is 1.93 bits per heavy atom. The smallest absolute Gasteiger partial charge is 0.350 e. The highest BCUT2D eigenvalue weighted by Crippen LogP contribution is 2.45. The minimum absolute atomic E-state index is 0.0114. The van der Waals surface area contributed by atoms with Crippen molar-refractivity contribution in [2.75, 3.05) is 25.2 Å². The standard InChI is InChI=1S/C30H28N2O7S/c1-5-16-39-29(36)27-18(3)31-30(40-27)32-25(20-13-15-22(38-6-2)23(17-20)37-4)24(26(34)28(32)35)21(33)14-12-19-10-8-7-9-11-19/h5,7-15,17,25,34H,1,6,16H2,2-4H3/b14-12+. The largest absolute Gasteiger partial charge is 0.503 e. The van der Waals surface area contributed by atoms with Gasteiger partial charge in [-0.2, -0.15) is 0 Å². The number of nitrogens with zero attached hydrogens (tertiary/aromatic N) is 2. The highest BCUT2D eigenvalue weighted by atomic mass is 32.1. The van der Waals surface area contributed by atoms with Gasteiger partial charge < -0.3 is 19.3 Å². The third kappa shape index (κ3) is 5.67. The number of aliphatic hydroxyl groups excluding tert-OH is 1. The maximum absolute atomic E-state index is 13.5. The Morgan fingerprint density at radius 3 is 2.60 bits per heavy atom. The first kappa shape index (κ1) is 28.3. The van der Waals surface area contributed by atoms with E-state index in [1.807, 2.05) is 37.3 Å². The summed E-state index contributed by atoms with van der Waals surface area (Å²) in [4.78, 5) is 45.4. The Hall–Kier alpha value is -4.70. The fourth-order valence-corrected chi connectivity index (χ4v) is 5.19. The predicted octanol–water partition coefficient (Wildman–Crippen LogP) is 5.38. The molecule has 2 aromatic carbocycles. The van der Waals surface area contributed by atoms with Crippen LogP contribution in [-0.4, -0.2) is 48.1 Å². The number of ketones is 1. The Kier molecular flexibility index (Phi) is 8.80. The zero-order valence-corrected chi connectivity index (χ0v) is 23.1. The monoisotopic (exact) mass is 560 g/mol. The number of aryl methyl sites for hydroxylation is 1. The summed E-state index contributed by atoms with van der Waals surface area (Å²) in [7, 11) is 1.48. The van der Waals surface area contributed by atoms with Crippen LogP contribution in [0.1, 0.15) is 39.5 Å². The summed E-state index contributed by atoms with van der Waals surface area (Å²) in [6.07, 6.45) is 4.35. The van der Waals surface area contributed by atoms with Crippen molar-refractivity contribution in [3.05, 3.63) is 100 Å². The first-order chi connectivity index (χ1) is 19.3. The van der Waals surface area contributed by atoms with Gasteiger partial charge in [-0.15, -0.1) is 0 Å². The number of aromatic nitrogens is 1. The van der Waals surface area contributed by atoms with E-state index >= 15 is 0 Å². The summed E-state index contributed by atoms with van der Waals surface area (Å²) in [5.41, 5.74) is 1.45. The van der Waals surface area contributed by atoms with E-state index < -0.39 is 29.5 Å². The summed E-state index contributed by atoms with van der Waals surface area (Å²) < 4.78 is 16.3. The molecule has 1 atom stereocenters. The lowest BCUT2D eigenvalue weighted by Gasteiger charge is -2.25. The summed E-state index contributed by atoms with van der Waals surface area (Å²) in [6.45, 7) is 7.40. The number of amides is 1. The highest BCUT2D eigenvalue weighted by Gasteiger charge is 2.45. The number of aliphatic hydroxyl groups is 1. The third-order valence-electron chi connectivity index (χ3n) is 6.01. The van der Waals surface area contributed by atoms with Crippen molar-refractivity contribution in [1.29, 1.82) is 0 Å². The molecule has 0 aliphatic carbocycles. The topological polar surface area (TPSA) is 115 Å². The van der Waals surface area contributed by atoms with Crippen LogP contribution in [0.2, 0.25) is 0 Å². The zero-order chi connectivity index (χ0) is 28.8. The number of carbonyl (C=O) groups excluding carboxylic acids is 3. The van der Waals surface area contributed by atoms with Crippen LogP contribution in [0, 0.1) is 6.92 Å². The second-order valence-corrected chi connectivity index (χ2v) is 9.57. The molecule has 9 nitrogen and oxygen atoms in total. The number of allylic oxidation sites excluding steroid dienone is 1. The summed E-state index contributed by atoms with van der Waals surface area (Å²) in [5, 5.41) is 11.1. The van der Waals surface area contributed by atoms with E-state index in [1.54, 1.807) is 31.2 Å². The third-order valence-corrected chi connectivity index (χ3v) is 7.15. The van der Waals surface area contributed by atoms with Gasteiger partial charge in [0.15, 0.2) is 28.2 Å². The van der Waals surface area contributed by atoms with Crippen LogP contribution < -0.4 is 14.4 Å². The first-order valence-corrected chi connectivity index (χ1v) is 13.2. The molecule has 2 heterocycles. The molecule has 0 saturated carbocycles. The number of hydrogen-bond acceptors (Lipinski definition) is 9. The summed E-state index contributed by atoms with van der Waals surface area (Å²) >= 11 is 0.927. The lowest BCUT2D eigenvalue weighted by atomic mass is 9.95. The van der Waals surface area contributed by atoms with Crippen LogP contribution in [0.3, 0.4) is 0 Å². The van der Waals surface area contributed by atoms with E-state index in [4.69, 9.17) is 14.2 Å². The second-order valence-electron chi connectivity index (χ2n) is 8.59. The van der Waals surface area contributed by atoms with Gasteiger partial charge in [-0.3, -0.25) is 14.5 Å². The van der Waals surface area contributed by atoms with Crippen LogP contribution in [0.5, 0.6) is 11.5 Å². The Bertz CT molecular complexity index is 1510. The molecule has 0 fully saturated rings. The van der Waals surface area contributed by atoms with Crippen molar-refractivity contribution in [1.82, 2.24) is 4.98 Å². The predicted molar refractivity (Wildman–Crippen MR) is 152 cm³/mol. The lowest BCUT2D eigenvalue weighted by molar-refractivity contribution is -0.117. The van der Waals surface area contributed by atoms with E-state index in [0.29, 0.717) is 29.4 Å². The Labute approximate surface area is 235 Å². The first-order valence-electron chi connectivity index (χ1n) is 12.4. The SMILES string of the molecule is C=CCOC(=O)c1sc(N2C(=O)C(O)=C(C(=O)/C=C/c3ccccc3)C2c2ccc(OCC)c(OC)c2)nc1C. The normalized spacial score (nSPS) is 15.0. The number of thiazole rings is 1. The van der Waals surface area contributed by atoms with Crippen LogP contribution >= 0.6 is 11.3 Å². The molecule has 0 spiro atoms. The van der Waals surface area contributed by atoms with Gasteiger partial charge in [-0.05, 0) is 43.2 Å². The van der Waals surface area contributed by atoms with Gasteiger partial charge in [0.1, 0.15) is 11.5 Å². The average molecular weight is 561 g/mol. The van der Waals surface area contributed by atoms with Crippen LogP contribution in [-0.2, 0) is 14.3 Å². The van der Waals surface area contributed by atoms with Crippen LogP contribution in [0.15, 0.2) is 78.6 Å². The molecule has 1 aliphatic heterocycles. The van der Waals surface area contributed by atoms with Crippen molar-refractivity contribution < 1.29 is 33.7 Å². The summed E-state index contributed by atoms with van der Waals surface area (Å²) in [5.74, 6) is -1.85. The number of anilines is 1. The minimum Gasteiger partial charge on any atom is -0.503 e. The van der Waals surface area contributed by atoms with E-state index in [2.05, 4.69) is 11.6 Å². The number of rotatable bonds is 11. The molecular weight excluding hydrogens is 532 g/mol. The molecule has 0 saturated heterocycles.